The Morgan fingerprint density at radius 2 is 1.25 bits per heavy atom. The molecule has 65 heavy (non-hydrogen) atoms. The molecule has 0 aliphatic carbocycles. The van der Waals surface area contributed by atoms with E-state index in [1.165, 1.54) is 113 Å². The van der Waals surface area contributed by atoms with Crippen molar-refractivity contribution in [2.75, 3.05) is 0 Å². The van der Waals surface area contributed by atoms with Gasteiger partial charge in [-0.25, -0.2) is 4.98 Å². The second-order valence-electron chi connectivity index (χ2n) is 15.5. The molecule has 7 heterocycles. The summed E-state index contributed by atoms with van der Waals surface area (Å²) in [5.74, 6) is 0. The predicted molar refractivity (Wildman–Crippen MR) is 263 cm³/mol. The number of hydrogen-bond donors (Lipinski definition) is 0. The van der Waals surface area contributed by atoms with Gasteiger partial charge in [0, 0.05) is 43.7 Å². The van der Waals surface area contributed by atoms with Crippen molar-refractivity contribution in [1.29, 1.82) is 0 Å². The number of isothiocyanates is 1. The molecule has 0 bridgehead atoms. The van der Waals surface area contributed by atoms with E-state index in [9.17, 15) is 13.2 Å². The molecule has 342 valence electrons. The molecule has 0 saturated heterocycles. The molecule has 7 aromatic heterocycles. The van der Waals surface area contributed by atoms with Gasteiger partial charge < -0.3 is 15.6 Å². The van der Waals surface area contributed by atoms with Crippen molar-refractivity contribution in [3.05, 3.63) is 130 Å². The molecule has 0 fully saturated rings. The Kier molecular flexibility index (Phi) is 23.2. The Balaban J connectivity index is 0.000000265. The molecule has 0 aromatic carbocycles. The summed E-state index contributed by atoms with van der Waals surface area (Å²) >= 11 is 7.38. The molecule has 7 rings (SSSR count). The topological polar surface area (TPSA) is 101 Å². The van der Waals surface area contributed by atoms with Crippen molar-refractivity contribution in [3.63, 3.8) is 0 Å². The summed E-state index contributed by atoms with van der Waals surface area (Å²) in [6, 6.07) is 27.6. The molecule has 0 saturated carbocycles. The predicted octanol–water partition coefficient (Wildman–Crippen LogP) is 15.8. The molecule has 0 aliphatic heterocycles. The van der Waals surface area contributed by atoms with Gasteiger partial charge in [-0.05, 0) is 122 Å². The summed E-state index contributed by atoms with van der Waals surface area (Å²) in [6.45, 7) is 6.68. The Morgan fingerprint density at radius 1 is 0.615 bits per heavy atom. The largest absolute Gasteiger partial charge is 2.00 e. The van der Waals surface area contributed by atoms with Gasteiger partial charge in [-0.2, -0.15) is 18.3 Å². The molecule has 0 atom stereocenters. The second-order valence-corrected chi connectivity index (χ2v) is 17.9. The molecule has 0 spiro atoms. The van der Waals surface area contributed by atoms with Crippen LogP contribution in [-0.4, -0.2) is 30.2 Å². The van der Waals surface area contributed by atoms with E-state index in [-0.39, 0.29) is 25.2 Å². The zero-order chi connectivity index (χ0) is 45.6. The summed E-state index contributed by atoms with van der Waals surface area (Å²) in [5, 5.41) is 15.5. The Bertz CT molecular complexity index is 2460. The van der Waals surface area contributed by atoms with E-state index in [1.807, 2.05) is 66.1 Å². The molecular weight excluding hydrogens is 965 g/mol. The number of hydrogen-bond acceptors (Lipinski definition) is 8. The Morgan fingerprint density at radius 3 is 1.85 bits per heavy atom. The number of alkyl halides is 3. The van der Waals surface area contributed by atoms with Crippen molar-refractivity contribution in [2.24, 2.45) is 0 Å². The number of thiocarbonyl (C=S) groups is 1. The first-order valence-corrected chi connectivity index (χ1v) is 24.3. The quantitative estimate of drug-likeness (QED) is 0.0324. The molecule has 14 heteroatoms. The first kappa shape index (κ1) is 53.0. The molecular formula is C51H56F3N7RuS3. The molecule has 7 nitrogen and oxygen atoms in total. The van der Waals surface area contributed by atoms with Crippen molar-refractivity contribution < 1.29 is 32.6 Å². The molecule has 0 radical (unpaired) electrons. The zero-order valence-corrected chi connectivity index (χ0v) is 41.5. The van der Waals surface area contributed by atoms with Crippen LogP contribution < -0.4 is 5.10 Å². The fourth-order valence-corrected chi connectivity index (χ4v) is 9.38. The average molecular weight is 1020 g/mol. The maximum atomic E-state index is 12.9. The first-order valence-electron chi connectivity index (χ1n) is 22.3. The van der Waals surface area contributed by atoms with E-state index in [4.69, 9.17) is 10.4 Å². The van der Waals surface area contributed by atoms with Crippen LogP contribution >= 0.6 is 34.9 Å². The van der Waals surface area contributed by atoms with Gasteiger partial charge in [0.25, 0.3) is 0 Å². The van der Waals surface area contributed by atoms with Gasteiger partial charge in [0.2, 0.25) is 0 Å². The summed E-state index contributed by atoms with van der Waals surface area (Å²) in [6.07, 6.45) is 19.1. The number of aromatic nitrogens is 6. The number of nitrogens with zero attached hydrogens (tertiary/aromatic N) is 7. The van der Waals surface area contributed by atoms with Gasteiger partial charge in [0.15, 0.2) is 0 Å². The minimum absolute atomic E-state index is 0. The molecule has 0 N–H and O–H groups in total. The van der Waals surface area contributed by atoms with Crippen LogP contribution in [0.1, 0.15) is 119 Å². The molecule has 0 amide bonds. The molecule has 0 unspecified atom stereocenters. The third-order valence-corrected chi connectivity index (χ3v) is 13.0. The summed E-state index contributed by atoms with van der Waals surface area (Å²) in [4.78, 5) is 23.4. The van der Waals surface area contributed by atoms with Crippen LogP contribution in [0.5, 0.6) is 0 Å². The monoisotopic (exact) mass is 1020 g/mol. The van der Waals surface area contributed by atoms with Gasteiger partial charge >= 0.3 is 25.7 Å². The second kappa shape index (κ2) is 28.5. The minimum Gasteiger partial charge on any atom is -0.753 e. The maximum absolute atomic E-state index is 12.9. The van der Waals surface area contributed by atoms with Gasteiger partial charge in [-0.3, -0.25) is 15.0 Å². The number of rotatable bonds is 20. The van der Waals surface area contributed by atoms with E-state index >= 15 is 0 Å². The first-order chi connectivity index (χ1) is 31.2. The fraction of sp³-hybridized carbons (Fsp3) is 0.373. The van der Waals surface area contributed by atoms with E-state index in [0.717, 1.165) is 53.7 Å². The van der Waals surface area contributed by atoms with Crippen LogP contribution in [0.2, 0.25) is 0 Å². The van der Waals surface area contributed by atoms with Crippen LogP contribution in [0.3, 0.4) is 0 Å². The van der Waals surface area contributed by atoms with Crippen molar-refractivity contribution in [3.8, 4) is 55.0 Å². The number of thiophene rings is 2. The van der Waals surface area contributed by atoms with Gasteiger partial charge in [0.1, 0.15) is 5.69 Å². The fourth-order valence-electron chi connectivity index (χ4n) is 7.10. The zero-order valence-electron chi connectivity index (χ0n) is 37.3. The summed E-state index contributed by atoms with van der Waals surface area (Å²) in [5.41, 5.74) is 6.54. The average Bonchev–Trinajstić information content (AvgIpc) is 4.11. The summed E-state index contributed by atoms with van der Waals surface area (Å²) < 4.78 is 38.8. The van der Waals surface area contributed by atoms with Crippen molar-refractivity contribution in [2.45, 2.75) is 123 Å². The van der Waals surface area contributed by atoms with Gasteiger partial charge in [-0.15, -0.1) is 22.7 Å². The van der Waals surface area contributed by atoms with Crippen LogP contribution in [0.15, 0.2) is 104 Å². The minimum atomic E-state index is -4.51. The van der Waals surface area contributed by atoms with E-state index in [2.05, 4.69) is 88.5 Å². The number of aryl methyl sites for hydroxylation is 3. The normalized spacial score (nSPS) is 10.9. The van der Waals surface area contributed by atoms with Crippen molar-refractivity contribution >= 4 is 40.1 Å². The SMILES string of the molecule is CCCCCCc1cc(CCCCCC)c(-c2ccnc(-c3cc(C(F)(F)F)n[n-]3)c2)s1.CCCCCCc1ccc(-c2ccc(-c3cccc(-c4ccccn4)n3)nc2)s1.[N-]=C=S.[Ru+2]. The Hall–Kier alpha value is -4.58. The van der Waals surface area contributed by atoms with E-state index in [0.29, 0.717) is 5.69 Å². The molecule has 7 aromatic rings. The summed E-state index contributed by atoms with van der Waals surface area (Å²) in [7, 11) is 0. The van der Waals surface area contributed by atoms with E-state index < -0.39 is 11.9 Å². The standard InChI is InChI=1S/C25H31F3N3S.C25H25N3S.CNS.Ru/c1-3-5-7-9-11-18-15-20(12-10-8-6-4-2)32-24(18)19-13-14-29-21(16-19)22-17-23(31-30-22)25(26,27)28;1-2-3-4-5-9-20-14-16-25(29-20)19-13-15-22(27-18-19)24-12-8-11-23(28-24)21-10-6-7-17-26-21;2-1-3;/h13-17H,3-12H2,1-2H3;6-8,10-18H,2-5,9H2,1H3;;/q-1;;-1;+2. The van der Waals surface area contributed by atoms with Crippen molar-refractivity contribution in [1.82, 2.24) is 30.1 Å². The maximum Gasteiger partial charge on any atom is 2.00 e. The van der Waals surface area contributed by atoms with Crippen LogP contribution in [-0.2, 0) is 44.9 Å². The van der Waals surface area contributed by atoms with Crippen LogP contribution in [0.4, 0.5) is 13.2 Å². The van der Waals surface area contributed by atoms with Crippen LogP contribution in [0.25, 0.3) is 60.5 Å². The number of halogens is 3. The third-order valence-electron chi connectivity index (χ3n) is 10.5. The molecule has 0 aliphatic rings. The number of unbranched alkanes of at least 4 members (excludes halogenated alkanes) is 9. The van der Waals surface area contributed by atoms with Gasteiger partial charge in [-0.1, -0.05) is 109 Å². The van der Waals surface area contributed by atoms with E-state index in [1.54, 1.807) is 23.7 Å². The third kappa shape index (κ3) is 17.0. The van der Waals surface area contributed by atoms with Gasteiger partial charge in [0.05, 0.1) is 28.5 Å². The van der Waals surface area contributed by atoms with Crippen LogP contribution in [0, 0.1) is 0 Å². The Labute approximate surface area is 408 Å². The number of pyridine rings is 4. The smallest absolute Gasteiger partial charge is 0.753 e.